The normalized spacial score (nSPS) is 10.1. The van der Waals surface area contributed by atoms with E-state index in [4.69, 9.17) is 15.3 Å². The van der Waals surface area contributed by atoms with Crippen LogP contribution in [0.4, 0.5) is 0 Å². The van der Waals surface area contributed by atoms with Crippen molar-refractivity contribution in [1.82, 2.24) is 0 Å². The molecule has 76 valence electrons. The van der Waals surface area contributed by atoms with Gasteiger partial charge in [-0.2, -0.15) is 0 Å². The van der Waals surface area contributed by atoms with E-state index in [0.29, 0.717) is 0 Å². The Morgan fingerprint density at radius 2 is 1.43 bits per heavy atom. The topological polar surface area (TPSA) is 112 Å². The summed E-state index contributed by atoms with van der Waals surface area (Å²) in [6.45, 7) is 1.32. The van der Waals surface area contributed by atoms with Crippen molar-refractivity contribution in [2.45, 2.75) is 19.8 Å². The molecule has 0 rings (SSSR count). The van der Waals surface area contributed by atoms with Gasteiger partial charge in [0.05, 0.1) is 6.42 Å². The molecule has 6 nitrogen and oxygen atoms in total. The van der Waals surface area contributed by atoms with Crippen LogP contribution < -0.4 is 0 Å². The van der Waals surface area contributed by atoms with Crippen LogP contribution >= 0.6 is 0 Å². The van der Waals surface area contributed by atoms with Crippen LogP contribution in [-0.4, -0.2) is 62.8 Å². The SMILES string of the molecule is CCC(CC(=O)O)(C(=O)O)C(=O)O.[NaH]. The molecule has 0 aromatic rings. The van der Waals surface area contributed by atoms with Gasteiger partial charge in [0, 0.05) is 0 Å². The monoisotopic (exact) mass is 214 g/mol. The van der Waals surface area contributed by atoms with Crippen LogP contribution in [0.1, 0.15) is 19.8 Å². The fourth-order valence-corrected chi connectivity index (χ4v) is 0.928. The van der Waals surface area contributed by atoms with Crippen LogP contribution in [0.5, 0.6) is 0 Å². The van der Waals surface area contributed by atoms with E-state index in [1.165, 1.54) is 6.92 Å². The van der Waals surface area contributed by atoms with Crippen LogP contribution in [0.25, 0.3) is 0 Å². The Hall–Kier alpha value is -0.590. The summed E-state index contributed by atoms with van der Waals surface area (Å²) in [6.07, 6.45) is -1.17. The van der Waals surface area contributed by atoms with Crippen molar-refractivity contribution in [2.24, 2.45) is 5.41 Å². The number of rotatable bonds is 5. The summed E-state index contributed by atoms with van der Waals surface area (Å²) in [4.78, 5) is 31.4. The van der Waals surface area contributed by atoms with Gasteiger partial charge in [0.2, 0.25) is 0 Å². The van der Waals surface area contributed by atoms with Crippen molar-refractivity contribution in [3.05, 3.63) is 0 Å². The quantitative estimate of drug-likeness (QED) is 0.415. The maximum atomic E-state index is 10.6. The van der Waals surface area contributed by atoms with Gasteiger partial charge < -0.3 is 15.3 Å². The number of carbonyl (C=O) groups is 3. The number of carboxylic acid groups (broad SMARTS) is 3. The standard InChI is InChI=1S/C7H10O6.Na.H/c1-2-7(5(10)11,6(12)13)3-4(8)9;;/h2-3H2,1H3,(H,8,9)(H,10,11)(H,12,13);;. The average Bonchev–Trinajstić information content (AvgIpc) is 1.98. The zero-order valence-corrected chi connectivity index (χ0v) is 6.98. The third-order valence-electron chi connectivity index (χ3n) is 1.88. The molecule has 0 saturated carbocycles. The fraction of sp³-hybridized carbons (Fsp3) is 0.571. The summed E-state index contributed by atoms with van der Waals surface area (Å²) in [6, 6.07) is 0. The van der Waals surface area contributed by atoms with Crippen molar-refractivity contribution >= 4 is 47.5 Å². The molecule has 3 N–H and O–H groups in total. The first-order chi connectivity index (χ1) is 5.86. The molecule has 0 heterocycles. The summed E-state index contributed by atoms with van der Waals surface area (Å²) < 4.78 is 0. The van der Waals surface area contributed by atoms with Crippen molar-refractivity contribution < 1.29 is 29.7 Å². The molecule has 0 aliphatic heterocycles. The van der Waals surface area contributed by atoms with Crippen LogP contribution in [-0.2, 0) is 14.4 Å². The Labute approximate surface area is 102 Å². The second-order valence-electron chi connectivity index (χ2n) is 2.62. The van der Waals surface area contributed by atoms with E-state index >= 15 is 0 Å². The van der Waals surface area contributed by atoms with Gasteiger partial charge in [-0.15, -0.1) is 0 Å². The van der Waals surface area contributed by atoms with E-state index in [-0.39, 0.29) is 36.0 Å². The van der Waals surface area contributed by atoms with Crippen molar-refractivity contribution in [3.63, 3.8) is 0 Å². The Bertz CT molecular complexity index is 235. The molecule has 0 unspecified atom stereocenters. The molecule has 0 bridgehead atoms. The zero-order valence-electron chi connectivity index (χ0n) is 6.98. The van der Waals surface area contributed by atoms with Crippen molar-refractivity contribution in [2.75, 3.05) is 0 Å². The molecule has 0 spiro atoms. The van der Waals surface area contributed by atoms with Crippen LogP contribution in [0, 0.1) is 5.41 Å². The molecule has 0 radical (unpaired) electrons. The van der Waals surface area contributed by atoms with Crippen LogP contribution in [0.2, 0.25) is 0 Å². The summed E-state index contributed by atoms with van der Waals surface area (Å²) in [7, 11) is 0. The Balaban J connectivity index is 0. The number of carboxylic acids is 3. The molecule has 0 atom stereocenters. The third kappa shape index (κ3) is 3.28. The average molecular weight is 214 g/mol. The van der Waals surface area contributed by atoms with Crippen LogP contribution in [0.15, 0.2) is 0 Å². The van der Waals surface area contributed by atoms with Crippen LogP contribution in [0.3, 0.4) is 0 Å². The number of aliphatic carboxylic acids is 3. The second kappa shape index (κ2) is 6.00. The summed E-state index contributed by atoms with van der Waals surface area (Å²) in [5.74, 6) is -4.68. The molecule has 0 saturated heterocycles. The molecule has 0 aliphatic rings. The second-order valence-corrected chi connectivity index (χ2v) is 2.62. The van der Waals surface area contributed by atoms with Crippen molar-refractivity contribution in [1.29, 1.82) is 0 Å². The minimum absolute atomic E-state index is 0. The third-order valence-corrected chi connectivity index (χ3v) is 1.88. The van der Waals surface area contributed by atoms with Gasteiger partial charge >= 0.3 is 47.5 Å². The van der Waals surface area contributed by atoms with E-state index in [1.807, 2.05) is 0 Å². The van der Waals surface area contributed by atoms with E-state index in [1.54, 1.807) is 0 Å². The fourth-order valence-electron chi connectivity index (χ4n) is 0.928. The van der Waals surface area contributed by atoms with Gasteiger partial charge in [-0.05, 0) is 6.42 Å². The molecule has 0 amide bonds. The maximum absolute atomic E-state index is 10.6. The van der Waals surface area contributed by atoms with Crippen molar-refractivity contribution in [3.8, 4) is 0 Å². The Kier molecular flexibility index (Phi) is 6.80. The van der Waals surface area contributed by atoms with E-state index < -0.39 is 29.7 Å². The van der Waals surface area contributed by atoms with Gasteiger partial charge in [-0.3, -0.25) is 14.4 Å². The molecular formula is C7H11NaO6. The first-order valence-corrected chi connectivity index (χ1v) is 3.55. The molecule has 0 aromatic carbocycles. The van der Waals surface area contributed by atoms with Gasteiger partial charge in [-0.1, -0.05) is 6.92 Å². The zero-order chi connectivity index (χ0) is 10.6. The molecule has 7 heteroatoms. The summed E-state index contributed by atoms with van der Waals surface area (Å²) >= 11 is 0. The van der Waals surface area contributed by atoms with E-state index in [2.05, 4.69) is 0 Å². The van der Waals surface area contributed by atoms with E-state index in [0.717, 1.165) is 0 Å². The Morgan fingerprint density at radius 3 is 1.50 bits per heavy atom. The predicted molar refractivity (Wildman–Crippen MR) is 47.4 cm³/mol. The molecular weight excluding hydrogens is 203 g/mol. The Morgan fingerprint density at radius 1 is 1.07 bits per heavy atom. The molecule has 14 heavy (non-hydrogen) atoms. The van der Waals surface area contributed by atoms with Gasteiger partial charge in [-0.25, -0.2) is 0 Å². The molecule has 0 aromatic heterocycles. The number of hydrogen-bond donors (Lipinski definition) is 3. The first kappa shape index (κ1) is 15.9. The first-order valence-electron chi connectivity index (χ1n) is 3.55. The van der Waals surface area contributed by atoms with Gasteiger partial charge in [0.15, 0.2) is 5.41 Å². The van der Waals surface area contributed by atoms with Gasteiger partial charge in [0.25, 0.3) is 0 Å². The summed E-state index contributed by atoms with van der Waals surface area (Å²) in [5, 5.41) is 25.5. The minimum atomic E-state index is -2.20. The van der Waals surface area contributed by atoms with E-state index in [9.17, 15) is 14.4 Å². The number of hydrogen-bond acceptors (Lipinski definition) is 3. The predicted octanol–water partition coefficient (Wildman–Crippen LogP) is -0.622. The molecule has 0 aliphatic carbocycles. The molecule has 0 fully saturated rings. The summed E-state index contributed by atoms with van der Waals surface area (Å²) in [5.41, 5.74) is -2.20. The van der Waals surface area contributed by atoms with Gasteiger partial charge in [0.1, 0.15) is 0 Å².